The fraction of sp³-hybridized carbons (Fsp3) is 0.250. The van der Waals surface area contributed by atoms with E-state index >= 15 is 0 Å². The molecule has 2 aromatic rings. The Kier molecular flexibility index (Phi) is 4.75. The van der Waals surface area contributed by atoms with Crippen molar-refractivity contribution < 1.29 is 9.47 Å². The van der Waals surface area contributed by atoms with Gasteiger partial charge in [0.1, 0.15) is 0 Å². The predicted molar refractivity (Wildman–Crippen MR) is 79.5 cm³/mol. The molecular weight excluding hydrogens is 266 g/mol. The van der Waals surface area contributed by atoms with Crippen LogP contribution in [0.1, 0.15) is 24.1 Å². The zero-order valence-electron chi connectivity index (χ0n) is 12.3. The first kappa shape index (κ1) is 14.8. The van der Waals surface area contributed by atoms with E-state index in [0.717, 1.165) is 5.56 Å². The van der Waals surface area contributed by atoms with E-state index in [1.165, 1.54) is 7.11 Å². The lowest BCUT2D eigenvalue weighted by Gasteiger charge is -2.13. The van der Waals surface area contributed by atoms with Crippen molar-refractivity contribution in [2.75, 3.05) is 14.2 Å². The normalized spacial score (nSPS) is 11.5. The minimum Gasteiger partial charge on any atom is -0.493 e. The zero-order chi connectivity index (χ0) is 15.2. The summed E-state index contributed by atoms with van der Waals surface area (Å²) in [6, 6.07) is 11.1. The molecule has 0 spiro atoms. The summed E-state index contributed by atoms with van der Waals surface area (Å²) in [6.07, 6.45) is 1.70. The molecule has 0 aliphatic heterocycles. The summed E-state index contributed by atoms with van der Waals surface area (Å²) in [5.74, 6) is 1.51. The number of hydrogen-bond donors (Lipinski definition) is 1. The first-order valence-electron chi connectivity index (χ1n) is 6.57. The highest BCUT2D eigenvalue weighted by Crippen LogP contribution is 2.32. The van der Waals surface area contributed by atoms with Crippen LogP contribution >= 0.6 is 0 Å². The lowest BCUT2D eigenvalue weighted by atomic mass is 10.1. The standard InChI is InChI=1S/C16H17N3O2/c1-11(18-2)13-6-7-19-16(9-13)21-14-5-4-12(10-17)8-15(14)20-3/h4-9,11,18H,1-3H3. The van der Waals surface area contributed by atoms with Gasteiger partial charge in [-0.05, 0) is 37.7 Å². The second kappa shape index (κ2) is 6.73. The van der Waals surface area contributed by atoms with Crippen LogP contribution in [0.5, 0.6) is 17.4 Å². The number of benzene rings is 1. The van der Waals surface area contributed by atoms with E-state index in [1.807, 2.05) is 19.2 Å². The molecule has 0 radical (unpaired) electrons. The molecule has 1 N–H and O–H groups in total. The molecule has 1 unspecified atom stereocenters. The first-order chi connectivity index (χ1) is 10.2. The summed E-state index contributed by atoms with van der Waals surface area (Å²) in [5.41, 5.74) is 1.60. The van der Waals surface area contributed by atoms with Crippen LogP contribution in [0.25, 0.3) is 0 Å². The maximum atomic E-state index is 8.90. The average molecular weight is 283 g/mol. The van der Waals surface area contributed by atoms with E-state index in [1.54, 1.807) is 24.4 Å². The van der Waals surface area contributed by atoms with Crippen LogP contribution in [0.15, 0.2) is 36.5 Å². The third-order valence-electron chi connectivity index (χ3n) is 3.20. The molecule has 108 valence electrons. The van der Waals surface area contributed by atoms with Crippen molar-refractivity contribution in [1.82, 2.24) is 10.3 Å². The highest BCUT2D eigenvalue weighted by molar-refractivity contribution is 5.48. The summed E-state index contributed by atoms with van der Waals surface area (Å²) in [6.45, 7) is 2.06. The number of nitriles is 1. The number of aromatic nitrogens is 1. The van der Waals surface area contributed by atoms with Crippen molar-refractivity contribution >= 4 is 0 Å². The molecule has 1 heterocycles. The minimum absolute atomic E-state index is 0.207. The Morgan fingerprint density at radius 1 is 1.24 bits per heavy atom. The number of pyridine rings is 1. The number of methoxy groups -OCH3 is 1. The van der Waals surface area contributed by atoms with Crippen LogP contribution < -0.4 is 14.8 Å². The lowest BCUT2D eigenvalue weighted by Crippen LogP contribution is -2.12. The number of ether oxygens (including phenoxy) is 2. The zero-order valence-corrected chi connectivity index (χ0v) is 12.3. The highest BCUT2D eigenvalue weighted by atomic mass is 16.5. The van der Waals surface area contributed by atoms with E-state index in [9.17, 15) is 0 Å². The van der Waals surface area contributed by atoms with Gasteiger partial charge in [-0.15, -0.1) is 0 Å². The number of rotatable bonds is 5. The Labute approximate surface area is 124 Å². The Bertz CT molecular complexity index is 665. The molecule has 1 aromatic heterocycles. The van der Waals surface area contributed by atoms with Gasteiger partial charge in [-0.2, -0.15) is 5.26 Å². The van der Waals surface area contributed by atoms with Crippen LogP contribution in [0.2, 0.25) is 0 Å². The fourth-order valence-corrected chi connectivity index (χ4v) is 1.85. The average Bonchev–Trinajstić information content (AvgIpc) is 2.54. The molecule has 0 saturated heterocycles. The van der Waals surface area contributed by atoms with Crippen molar-refractivity contribution in [2.24, 2.45) is 0 Å². The fourth-order valence-electron chi connectivity index (χ4n) is 1.85. The van der Waals surface area contributed by atoms with Crippen molar-refractivity contribution in [3.8, 4) is 23.4 Å². The molecular formula is C16H17N3O2. The largest absolute Gasteiger partial charge is 0.493 e. The van der Waals surface area contributed by atoms with Crippen LogP contribution in [0.3, 0.4) is 0 Å². The predicted octanol–water partition coefficient (Wildman–Crippen LogP) is 3.03. The molecule has 21 heavy (non-hydrogen) atoms. The third-order valence-corrected chi connectivity index (χ3v) is 3.20. The van der Waals surface area contributed by atoms with Crippen LogP contribution in [-0.4, -0.2) is 19.1 Å². The maximum Gasteiger partial charge on any atom is 0.219 e. The van der Waals surface area contributed by atoms with Gasteiger partial charge < -0.3 is 14.8 Å². The second-order valence-electron chi connectivity index (χ2n) is 4.52. The van der Waals surface area contributed by atoms with Gasteiger partial charge in [-0.3, -0.25) is 0 Å². The summed E-state index contributed by atoms with van der Waals surface area (Å²) >= 11 is 0. The Balaban J connectivity index is 2.28. The minimum atomic E-state index is 0.207. The molecule has 0 aliphatic rings. The Morgan fingerprint density at radius 2 is 2.05 bits per heavy atom. The first-order valence-corrected chi connectivity index (χ1v) is 6.57. The van der Waals surface area contributed by atoms with E-state index in [-0.39, 0.29) is 6.04 Å². The van der Waals surface area contributed by atoms with Gasteiger partial charge in [-0.25, -0.2) is 4.98 Å². The van der Waals surface area contributed by atoms with Crippen LogP contribution in [0.4, 0.5) is 0 Å². The van der Waals surface area contributed by atoms with E-state index in [4.69, 9.17) is 14.7 Å². The van der Waals surface area contributed by atoms with Gasteiger partial charge in [0.2, 0.25) is 5.88 Å². The van der Waals surface area contributed by atoms with Gasteiger partial charge in [-0.1, -0.05) is 0 Å². The Hall–Kier alpha value is -2.58. The molecule has 2 rings (SSSR count). The van der Waals surface area contributed by atoms with E-state index in [2.05, 4.69) is 23.3 Å². The van der Waals surface area contributed by atoms with Gasteiger partial charge in [0.25, 0.3) is 0 Å². The molecule has 1 atom stereocenters. The molecule has 5 heteroatoms. The SMILES string of the molecule is CNC(C)c1ccnc(Oc2ccc(C#N)cc2OC)c1. The summed E-state index contributed by atoms with van der Waals surface area (Å²) < 4.78 is 11.0. The van der Waals surface area contributed by atoms with Crippen LogP contribution in [-0.2, 0) is 0 Å². The summed E-state index contributed by atoms with van der Waals surface area (Å²) in [4.78, 5) is 4.20. The van der Waals surface area contributed by atoms with E-state index < -0.39 is 0 Å². The van der Waals surface area contributed by atoms with E-state index in [0.29, 0.717) is 22.9 Å². The summed E-state index contributed by atoms with van der Waals surface area (Å²) in [5, 5.41) is 12.1. The third kappa shape index (κ3) is 3.50. The monoisotopic (exact) mass is 283 g/mol. The van der Waals surface area contributed by atoms with Gasteiger partial charge >= 0.3 is 0 Å². The number of nitrogens with one attached hydrogen (secondary N) is 1. The van der Waals surface area contributed by atoms with Gasteiger partial charge in [0.15, 0.2) is 11.5 Å². The second-order valence-corrected chi connectivity index (χ2v) is 4.52. The molecule has 0 amide bonds. The lowest BCUT2D eigenvalue weighted by molar-refractivity contribution is 0.373. The maximum absolute atomic E-state index is 8.90. The summed E-state index contributed by atoms with van der Waals surface area (Å²) in [7, 11) is 3.44. The quantitative estimate of drug-likeness (QED) is 0.913. The highest BCUT2D eigenvalue weighted by Gasteiger charge is 2.09. The molecule has 0 saturated carbocycles. The molecule has 0 fully saturated rings. The van der Waals surface area contributed by atoms with Crippen molar-refractivity contribution in [3.05, 3.63) is 47.7 Å². The van der Waals surface area contributed by atoms with Crippen molar-refractivity contribution in [2.45, 2.75) is 13.0 Å². The molecule has 0 aliphatic carbocycles. The molecule has 1 aromatic carbocycles. The molecule has 0 bridgehead atoms. The van der Waals surface area contributed by atoms with Gasteiger partial charge in [0, 0.05) is 24.4 Å². The number of hydrogen-bond acceptors (Lipinski definition) is 5. The Morgan fingerprint density at radius 3 is 2.71 bits per heavy atom. The van der Waals surface area contributed by atoms with Crippen molar-refractivity contribution in [1.29, 1.82) is 5.26 Å². The topological polar surface area (TPSA) is 67.2 Å². The molecule has 5 nitrogen and oxygen atoms in total. The smallest absolute Gasteiger partial charge is 0.219 e. The number of nitrogens with zero attached hydrogens (tertiary/aromatic N) is 2. The van der Waals surface area contributed by atoms with Crippen LogP contribution in [0, 0.1) is 11.3 Å². The van der Waals surface area contributed by atoms with Crippen molar-refractivity contribution in [3.63, 3.8) is 0 Å². The van der Waals surface area contributed by atoms with Gasteiger partial charge in [0.05, 0.1) is 18.7 Å².